The molecule has 0 spiro atoms. The second-order valence-corrected chi connectivity index (χ2v) is 5.55. The summed E-state index contributed by atoms with van der Waals surface area (Å²) in [6.45, 7) is 3.22. The van der Waals surface area contributed by atoms with E-state index in [1.807, 2.05) is 26.1 Å². The molecule has 1 rings (SSSR count). The Balaban J connectivity index is 0.00000289. The first-order valence-electron chi connectivity index (χ1n) is 5.84. The first kappa shape index (κ1) is 17.4. The maximum absolute atomic E-state index is 12.0. The van der Waals surface area contributed by atoms with Crippen LogP contribution in [0.4, 0.5) is 0 Å². The molecule has 0 aliphatic rings. The van der Waals surface area contributed by atoms with E-state index in [4.69, 9.17) is 0 Å². The lowest BCUT2D eigenvalue weighted by Crippen LogP contribution is -2.27. The quantitative estimate of drug-likeness (QED) is 0.750. The summed E-state index contributed by atoms with van der Waals surface area (Å²) in [4.78, 5) is 0.395. The van der Waals surface area contributed by atoms with E-state index in [1.165, 1.54) is 0 Å². The second kappa shape index (κ2) is 8.48. The zero-order chi connectivity index (χ0) is 12.7. The Morgan fingerprint density at radius 1 is 1.17 bits per heavy atom. The lowest BCUT2D eigenvalue weighted by atomic mass is 10.2. The van der Waals surface area contributed by atoms with E-state index in [0.717, 1.165) is 18.5 Å². The minimum Gasteiger partial charge on any atom is -0.320 e. The molecule has 1 aromatic rings. The molecule has 18 heavy (non-hydrogen) atoms. The molecule has 0 amide bonds. The van der Waals surface area contributed by atoms with Crippen molar-refractivity contribution in [1.29, 1.82) is 0 Å². The van der Waals surface area contributed by atoms with Crippen molar-refractivity contribution in [3.63, 3.8) is 0 Å². The average molecular weight is 293 g/mol. The predicted molar refractivity (Wildman–Crippen MR) is 76.8 cm³/mol. The Hall–Kier alpha value is -0.620. The summed E-state index contributed by atoms with van der Waals surface area (Å²) in [6.07, 6.45) is 1.50. The molecule has 0 atom stereocenters. The molecule has 0 radical (unpaired) electrons. The fourth-order valence-electron chi connectivity index (χ4n) is 1.61. The minimum atomic E-state index is -3.36. The van der Waals surface area contributed by atoms with Gasteiger partial charge in [-0.05, 0) is 38.1 Å². The van der Waals surface area contributed by atoms with Crippen molar-refractivity contribution in [2.24, 2.45) is 0 Å². The summed E-state index contributed by atoms with van der Waals surface area (Å²) in [7, 11) is -1.51. The van der Waals surface area contributed by atoms with Gasteiger partial charge in [0.15, 0.2) is 0 Å². The lowest BCUT2D eigenvalue weighted by Gasteiger charge is -2.10. The third-order valence-corrected chi connectivity index (χ3v) is 4.10. The first-order chi connectivity index (χ1) is 8.11. The topological polar surface area (TPSA) is 58.2 Å². The van der Waals surface area contributed by atoms with E-state index >= 15 is 0 Å². The SMILES string of the molecule is CCc1ccccc1S(=O)(=O)NCCCNC.Cl. The first-order valence-corrected chi connectivity index (χ1v) is 7.32. The molecule has 2 N–H and O–H groups in total. The van der Waals surface area contributed by atoms with Gasteiger partial charge in [0.2, 0.25) is 10.0 Å². The molecule has 0 saturated heterocycles. The van der Waals surface area contributed by atoms with Gasteiger partial charge < -0.3 is 5.32 Å². The summed E-state index contributed by atoms with van der Waals surface area (Å²) in [5.74, 6) is 0. The van der Waals surface area contributed by atoms with E-state index in [9.17, 15) is 8.42 Å². The van der Waals surface area contributed by atoms with Gasteiger partial charge in [-0.25, -0.2) is 13.1 Å². The van der Waals surface area contributed by atoms with E-state index < -0.39 is 10.0 Å². The maximum Gasteiger partial charge on any atom is 0.240 e. The van der Waals surface area contributed by atoms with Crippen LogP contribution >= 0.6 is 12.4 Å². The van der Waals surface area contributed by atoms with Crippen molar-refractivity contribution in [3.8, 4) is 0 Å². The normalized spacial score (nSPS) is 11.0. The number of sulfonamides is 1. The molecule has 1 aromatic carbocycles. The van der Waals surface area contributed by atoms with E-state index in [1.54, 1.807) is 12.1 Å². The molecule has 104 valence electrons. The molecule has 4 nitrogen and oxygen atoms in total. The molecule has 0 aliphatic carbocycles. The fourth-order valence-corrected chi connectivity index (χ4v) is 2.99. The van der Waals surface area contributed by atoms with Gasteiger partial charge in [-0.1, -0.05) is 25.1 Å². The van der Waals surface area contributed by atoms with Crippen molar-refractivity contribution in [2.45, 2.75) is 24.7 Å². The molecule has 0 aromatic heterocycles. The molecule has 6 heteroatoms. The van der Waals surface area contributed by atoms with Crippen molar-refractivity contribution >= 4 is 22.4 Å². The van der Waals surface area contributed by atoms with E-state index in [0.29, 0.717) is 17.9 Å². The summed E-state index contributed by atoms with van der Waals surface area (Å²) < 4.78 is 26.7. The summed E-state index contributed by atoms with van der Waals surface area (Å²) >= 11 is 0. The molecule has 0 bridgehead atoms. The van der Waals surface area contributed by atoms with Gasteiger partial charge in [-0.15, -0.1) is 12.4 Å². The highest BCUT2D eigenvalue weighted by atomic mass is 35.5. The summed E-state index contributed by atoms with van der Waals surface area (Å²) in [5, 5.41) is 2.98. The Bertz CT molecular complexity index is 449. The zero-order valence-corrected chi connectivity index (χ0v) is 12.4. The highest BCUT2D eigenvalue weighted by molar-refractivity contribution is 7.89. The van der Waals surface area contributed by atoms with Crippen LogP contribution in [0, 0.1) is 0 Å². The van der Waals surface area contributed by atoms with Crippen LogP contribution in [-0.4, -0.2) is 28.6 Å². The standard InChI is InChI=1S/C12H20N2O2S.ClH/c1-3-11-7-4-5-8-12(11)17(15,16)14-10-6-9-13-2;/h4-5,7-8,13-14H,3,6,9-10H2,1-2H3;1H. The van der Waals surface area contributed by atoms with Gasteiger partial charge in [0.25, 0.3) is 0 Å². The number of aryl methyl sites for hydroxylation is 1. The van der Waals surface area contributed by atoms with Crippen molar-refractivity contribution in [2.75, 3.05) is 20.1 Å². The minimum absolute atomic E-state index is 0. The van der Waals surface area contributed by atoms with Crippen molar-refractivity contribution < 1.29 is 8.42 Å². The number of nitrogens with one attached hydrogen (secondary N) is 2. The van der Waals surface area contributed by atoms with Crippen LogP contribution < -0.4 is 10.0 Å². The molecule has 0 heterocycles. The predicted octanol–water partition coefficient (Wildman–Crippen LogP) is 1.56. The monoisotopic (exact) mass is 292 g/mol. The van der Waals surface area contributed by atoms with Crippen molar-refractivity contribution in [3.05, 3.63) is 29.8 Å². The number of hydrogen-bond donors (Lipinski definition) is 2. The third-order valence-electron chi connectivity index (χ3n) is 2.54. The lowest BCUT2D eigenvalue weighted by molar-refractivity contribution is 0.576. The van der Waals surface area contributed by atoms with Gasteiger partial charge >= 0.3 is 0 Å². The number of hydrogen-bond acceptors (Lipinski definition) is 3. The maximum atomic E-state index is 12.0. The number of rotatable bonds is 7. The number of halogens is 1. The Kier molecular flexibility index (Phi) is 8.18. The number of benzene rings is 1. The summed E-state index contributed by atoms with van der Waals surface area (Å²) in [6, 6.07) is 7.11. The van der Waals surface area contributed by atoms with E-state index in [2.05, 4.69) is 10.0 Å². The Morgan fingerprint density at radius 3 is 2.44 bits per heavy atom. The summed E-state index contributed by atoms with van der Waals surface area (Å²) in [5.41, 5.74) is 0.855. The van der Waals surface area contributed by atoms with Crippen molar-refractivity contribution in [1.82, 2.24) is 10.0 Å². The van der Waals surface area contributed by atoms with Gasteiger partial charge in [-0.2, -0.15) is 0 Å². The smallest absolute Gasteiger partial charge is 0.240 e. The van der Waals surface area contributed by atoms with Gasteiger partial charge in [0.1, 0.15) is 0 Å². The van der Waals surface area contributed by atoms with Crippen LogP contribution in [0.5, 0.6) is 0 Å². The molecule has 0 fully saturated rings. The largest absolute Gasteiger partial charge is 0.320 e. The highest BCUT2D eigenvalue weighted by Crippen LogP contribution is 2.15. The highest BCUT2D eigenvalue weighted by Gasteiger charge is 2.16. The Labute approximate surface area is 116 Å². The van der Waals surface area contributed by atoms with Gasteiger partial charge in [0.05, 0.1) is 4.90 Å². The van der Waals surface area contributed by atoms with Gasteiger partial charge in [0, 0.05) is 6.54 Å². The molecular formula is C12H21ClN2O2S. The zero-order valence-electron chi connectivity index (χ0n) is 10.8. The van der Waals surface area contributed by atoms with Gasteiger partial charge in [-0.3, -0.25) is 0 Å². The molecular weight excluding hydrogens is 272 g/mol. The molecule has 0 unspecified atom stereocenters. The van der Waals surface area contributed by atoms with Crippen LogP contribution in [0.1, 0.15) is 18.9 Å². The molecule has 0 aliphatic heterocycles. The van der Waals surface area contributed by atoms with Crippen LogP contribution in [0.25, 0.3) is 0 Å². The molecule has 0 saturated carbocycles. The van der Waals surface area contributed by atoms with Crippen LogP contribution in [0.3, 0.4) is 0 Å². The fraction of sp³-hybridized carbons (Fsp3) is 0.500. The van der Waals surface area contributed by atoms with Crippen LogP contribution in [0.2, 0.25) is 0 Å². The Morgan fingerprint density at radius 2 is 1.83 bits per heavy atom. The van der Waals surface area contributed by atoms with Crippen LogP contribution in [0.15, 0.2) is 29.2 Å². The van der Waals surface area contributed by atoms with E-state index in [-0.39, 0.29) is 12.4 Å². The third kappa shape index (κ3) is 4.94. The second-order valence-electron chi connectivity index (χ2n) is 3.82. The average Bonchev–Trinajstić information content (AvgIpc) is 2.34. The van der Waals surface area contributed by atoms with Crippen LogP contribution in [-0.2, 0) is 16.4 Å².